The van der Waals surface area contributed by atoms with Gasteiger partial charge in [0.25, 0.3) is 0 Å². The van der Waals surface area contributed by atoms with E-state index < -0.39 is 0 Å². The first kappa shape index (κ1) is 11.0. The van der Waals surface area contributed by atoms with Crippen molar-refractivity contribution in [2.24, 2.45) is 11.7 Å². The molecule has 0 saturated carbocycles. The number of piperidine rings is 1. The van der Waals surface area contributed by atoms with Gasteiger partial charge in [0, 0.05) is 18.6 Å². The molecule has 0 aromatic rings. The number of hydrogen-bond donors (Lipinski definition) is 2. The summed E-state index contributed by atoms with van der Waals surface area (Å²) in [5, 5.41) is 9.72. The van der Waals surface area contributed by atoms with E-state index in [-0.39, 0.29) is 11.6 Å². The molecule has 3 N–H and O–H groups in total. The zero-order chi connectivity index (χ0) is 10.1. The predicted molar refractivity (Wildman–Crippen MR) is 54.5 cm³/mol. The molecule has 13 heavy (non-hydrogen) atoms. The fourth-order valence-electron chi connectivity index (χ4n) is 1.73. The molecule has 2 unspecified atom stereocenters. The van der Waals surface area contributed by atoms with Crippen LogP contribution in [0.2, 0.25) is 0 Å². The molecule has 0 amide bonds. The molecule has 0 aliphatic carbocycles. The minimum absolute atomic E-state index is 0.0289. The van der Waals surface area contributed by atoms with Crippen molar-refractivity contribution in [3.05, 3.63) is 0 Å². The number of rotatable bonds is 2. The van der Waals surface area contributed by atoms with Crippen molar-refractivity contribution in [2.45, 2.75) is 38.8 Å². The number of hydrogen-bond acceptors (Lipinski definition) is 3. The molecule has 0 spiro atoms. The lowest BCUT2D eigenvalue weighted by atomic mass is 9.91. The van der Waals surface area contributed by atoms with Crippen LogP contribution in [0.5, 0.6) is 0 Å². The van der Waals surface area contributed by atoms with E-state index in [4.69, 9.17) is 5.73 Å². The predicted octanol–water partition coefficient (Wildman–Crippen LogP) is 0.426. The number of β-amino-alcohol motifs (C(OH)–C–C–N with tert-alkyl or cyclic N) is 1. The second-order valence-corrected chi connectivity index (χ2v) is 4.80. The van der Waals surface area contributed by atoms with Crippen molar-refractivity contribution in [1.29, 1.82) is 0 Å². The maximum atomic E-state index is 9.72. The molecule has 1 rings (SSSR count). The number of aliphatic hydroxyl groups excluding tert-OH is 1. The van der Waals surface area contributed by atoms with Gasteiger partial charge in [-0.15, -0.1) is 0 Å². The normalized spacial score (nSPS) is 32.1. The number of likely N-dealkylation sites (tertiary alicyclic amines) is 1. The first-order valence-electron chi connectivity index (χ1n) is 5.10. The third kappa shape index (κ3) is 2.42. The van der Waals surface area contributed by atoms with Gasteiger partial charge >= 0.3 is 0 Å². The Bertz CT molecular complexity index is 170. The van der Waals surface area contributed by atoms with Gasteiger partial charge in [-0.05, 0) is 32.7 Å². The summed E-state index contributed by atoms with van der Waals surface area (Å²) in [5.41, 5.74) is 5.72. The van der Waals surface area contributed by atoms with E-state index >= 15 is 0 Å². The van der Waals surface area contributed by atoms with Crippen molar-refractivity contribution in [1.82, 2.24) is 4.90 Å². The third-order valence-electron chi connectivity index (χ3n) is 3.27. The topological polar surface area (TPSA) is 49.5 Å². The summed E-state index contributed by atoms with van der Waals surface area (Å²) >= 11 is 0. The van der Waals surface area contributed by atoms with Crippen LogP contribution in [0.25, 0.3) is 0 Å². The second kappa shape index (κ2) is 3.95. The minimum Gasteiger partial charge on any atom is -0.392 e. The van der Waals surface area contributed by atoms with Gasteiger partial charge in [-0.3, -0.25) is 4.90 Å². The van der Waals surface area contributed by atoms with Crippen molar-refractivity contribution < 1.29 is 5.11 Å². The summed E-state index contributed by atoms with van der Waals surface area (Å²) < 4.78 is 0. The van der Waals surface area contributed by atoms with Crippen LogP contribution < -0.4 is 5.73 Å². The number of nitrogens with zero attached hydrogens (tertiary/aromatic N) is 1. The first-order valence-corrected chi connectivity index (χ1v) is 5.10. The molecule has 78 valence electrons. The molecule has 1 aliphatic rings. The Labute approximate surface area is 80.9 Å². The Kier molecular flexibility index (Phi) is 3.33. The van der Waals surface area contributed by atoms with Crippen LogP contribution in [-0.4, -0.2) is 41.3 Å². The molecule has 1 heterocycles. The van der Waals surface area contributed by atoms with Gasteiger partial charge in [-0.1, -0.05) is 6.92 Å². The van der Waals surface area contributed by atoms with Gasteiger partial charge in [0.2, 0.25) is 0 Å². The van der Waals surface area contributed by atoms with Gasteiger partial charge in [0.05, 0.1) is 6.10 Å². The maximum Gasteiger partial charge on any atom is 0.0693 e. The lowest BCUT2D eigenvalue weighted by Crippen LogP contribution is -2.55. The molecule has 1 aliphatic heterocycles. The van der Waals surface area contributed by atoms with E-state index in [1.165, 1.54) is 0 Å². The van der Waals surface area contributed by atoms with E-state index in [1.807, 2.05) is 0 Å². The van der Waals surface area contributed by atoms with Gasteiger partial charge in [-0.25, -0.2) is 0 Å². The Morgan fingerprint density at radius 1 is 1.54 bits per heavy atom. The summed E-state index contributed by atoms with van der Waals surface area (Å²) in [5.74, 6) is 0.435. The fraction of sp³-hybridized carbons (Fsp3) is 1.00. The smallest absolute Gasteiger partial charge is 0.0693 e. The highest BCUT2D eigenvalue weighted by molar-refractivity contribution is 4.88. The SMILES string of the molecule is CC1CCN(C(C)(C)CN)CC1O. The summed E-state index contributed by atoms with van der Waals surface area (Å²) in [4.78, 5) is 2.29. The Morgan fingerprint density at radius 2 is 2.15 bits per heavy atom. The molecular formula is C10H22N2O. The van der Waals surface area contributed by atoms with E-state index in [2.05, 4.69) is 25.7 Å². The highest BCUT2D eigenvalue weighted by Crippen LogP contribution is 2.23. The van der Waals surface area contributed by atoms with Crippen LogP contribution in [0.3, 0.4) is 0 Å². The molecule has 0 aromatic carbocycles. The van der Waals surface area contributed by atoms with Crippen molar-refractivity contribution >= 4 is 0 Å². The van der Waals surface area contributed by atoms with Gasteiger partial charge in [-0.2, -0.15) is 0 Å². The third-order valence-corrected chi connectivity index (χ3v) is 3.27. The van der Waals surface area contributed by atoms with Gasteiger partial charge in [0.1, 0.15) is 0 Å². The van der Waals surface area contributed by atoms with Crippen LogP contribution in [0.15, 0.2) is 0 Å². The van der Waals surface area contributed by atoms with Gasteiger partial charge in [0.15, 0.2) is 0 Å². The molecule has 1 saturated heterocycles. The zero-order valence-corrected chi connectivity index (χ0v) is 8.95. The van der Waals surface area contributed by atoms with Crippen molar-refractivity contribution in [3.8, 4) is 0 Å². The zero-order valence-electron chi connectivity index (χ0n) is 8.95. The molecule has 0 radical (unpaired) electrons. The number of aliphatic hydroxyl groups is 1. The highest BCUT2D eigenvalue weighted by Gasteiger charge is 2.32. The van der Waals surface area contributed by atoms with Gasteiger partial charge < -0.3 is 10.8 Å². The van der Waals surface area contributed by atoms with E-state index in [0.717, 1.165) is 19.5 Å². The average Bonchev–Trinajstić information content (AvgIpc) is 2.09. The average molecular weight is 186 g/mol. The van der Waals surface area contributed by atoms with Crippen LogP contribution in [0.4, 0.5) is 0 Å². The monoisotopic (exact) mass is 186 g/mol. The summed E-state index contributed by atoms with van der Waals surface area (Å²) in [7, 11) is 0. The first-order chi connectivity index (χ1) is 5.97. The second-order valence-electron chi connectivity index (χ2n) is 4.80. The minimum atomic E-state index is -0.181. The quantitative estimate of drug-likeness (QED) is 0.657. The Morgan fingerprint density at radius 3 is 2.62 bits per heavy atom. The molecule has 3 nitrogen and oxygen atoms in total. The molecule has 0 bridgehead atoms. The summed E-state index contributed by atoms with van der Waals surface area (Å²) in [6.45, 7) is 8.85. The fourth-order valence-corrected chi connectivity index (χ4v) is 1.73. The van der Waals surface area contributed by atoms with Crippen LogP contribution >= 0.6 is 0 Å². The Balaban J connectivity index is 2.55. The summed E-state index contributed by atoms with van der Waals surface area (Å²) in [6.07, 6.45) is 0.893. The molecular weight excluding hydrogens is 164 g/mol. The molecule has 0 aromatic heterocycles. The largest absolute Gasteiger partial charge is 0.392 e. The molecule has 2 atom stereocenters. The molecule has 1 fully saturated rings. The standard InChI is InChI=1S/C10H22N2O/c1-8-4-5-12(6-9(8)13)10(2,3)7-11/h8-9,13H,4-7,11H2,1-3H3. The summed E-state index contributed by atoms with van der Waals surface area (Å²) in [6, 6.07) is 0. The van der Waals surface area contributed by atoms with E-state index in [0.29, 0.717) is 12.5 Å². The van der Waals surface area contributed by atoms with Crippen LogP contribution in [0.1, 0.15) is 27.2 Å². The Hall–Kier alpha value is -0.120. The van der Waals surface area contributed by atoms with E-state index in [1.54, 1.807) is 0 Å². The highest BCUT2D eigenvalue weighted by atomic mass is 16.3. The van der Waals surface area contributed by atoms with Crippen LogP contribution in [-0.2, 0) is 0 Å². The van der Waals surface area contributed by atoms with Crippen molar-refractivity contribution in [3.63, 3.8) is 0 Å². The maximum absolute atomic E-state index is 9.72. The molecule has 3 heteroatoms. The van der Waals surface area contributed by atoms with Crippen molar-refractivity contribution in [2.75, 3.05) is 19.6 Å². The lowest BCUT2D eigenvalue weighted by molar-refractivity contribution is -0.0120. The lowest BCUT2D eigenvalue weighted by Gasteiger charge is -2.43. The number of nitrogens with two attached hydrogens (primary N) is 1. The van der Waals surface area contributed by atoms with E-state index in [9.17, 15) is 5.11 Å². The van der Waals surface area contributed by atoms with Crippen LogP contribution in [0, 0.1) is 5.92 Å².